The van der Waals surface area contributed by atoms with Gasteiger partial charge in [-0.2, -0.15) is 0 Å². The highest BCUT2D eigenvalue weighted by atomic mass is 16.5. The van der Waals surface area contributed by atoms with Crippen LogP contribution in [0, 0.1) is 0 Å². The summed E-state index contributed by atoms with van der Waals surface area (Å²) in [6.07, 6.45) is 7.70. The van der Waals surface area contributed by atoms with Crippen molar-refractivity contribution in [2.24, 2.45) is 0 Å². The van der Waals surface area contributed by atoms with Gasteiger partial charge in [0.1, 0.15) is 5.75 Å². The van der Waals surface area contributed by atoms with E-state index < -0.39 is 11.9 Å². The average molecular weight is 547 g/mol. The molecule has 0 aliphatic carbocycles. The lowest BCUT2D eigenvalue weighted by Gasteiger charge is -2.19. The molecule has 0 saturated carbocycles. The summed E-state index contributed by atoms with van der Waals surface area (Å²) in [5.74, 6) is -2.74. The molecule has 0 saturated heterocycles. The van der Waals surface area contributed by atoms with Crippen LogP contribution in [0.2, 0.25) is 0 Å². The molecular formula is C29H42N2O8. The van der Waals surface area contributed by atoms with Crippen LogP contribution in [0.3, 0.4) is 0 Å². The number of unbranched alkanes of at least 4 members (excludes halogenated alkanes) is 7. The van der Waals surface area contributed by atoms with E-state index in [2.05, 4.69) is 23.8 Å². The number of hydrogen-bond donors (Lipinski definition) is 4. The quantitative estimate of drug-likeness (QED) is 0.131. The smallest absolute Gasteiger partial charge is 0.336 e. The maximum atomic E-state index is 11.8. The fraction of sp³-hybridized carbons (Fsp3) is 0.517. The van der Waals surface area contributed by atoms with Crippen molar-refractivity contribution in [1.29, 1.82) is 0 Å². The Hall–Kier alpha value is -3.66. The molecular weight excluding hydrogens is 504 g/mol. The molecule has 216 valence electrons. The molecule has 1 aromatic rings. The number of carboxylic acid groups (broad SMARTS) is 2. The molecule has 0 unspecified atom stereocenters. The third kappa shape index (κ3) is 14.2. The number of benzene rings is 1. The number of carbonyl (C=O) groups is 4. The van der Waals surface area contributed by atoms with Crippen molar-refractivity contribution >= 4 is 23.8 Å². The van der Waals surface area contributed by atoms with E-state index in [1.807, 2.05) is 0 Å². The van der Waals surface area contributed by atoms with Crippen molar-refractivity contribution in [3.8, 4) is 5.75 Å². The number of aromatic carboxylic acids is 2. The van der Waals surface area contributed by atoms with Gasteiger partial charge in [0.25, 0.3) is 0 Å². The van der Waals surface area contributed by atoms with E-state index in [1.54, 1.807) is 13.8 Å². The molecule has 10 nitrogen and oxygen atoms in total. The number of carboxylic acids is 2. The highest BCUT2D eigenvalue weighted by molar-refractivity contribution is 6.02. The standard InChI is InChI=1S/C29H42N2O8/c1-20(2)26(32)30-18-23(19-31-27(33)21(3)4)39-16-12-10-8-6-5-7-9-11-15-38-22-13-14-24(28(34)35)25(17-22)29(36)37/h13-14,17,23H,1,3,5-12,15-16,18-19H2,2,4H3,(H,30,32)(H,31,33)(H,34,35)(H,36,37). The molecule has 1 rings (SSSR count). The van der Waals surface area contributed by atoms with Crippen LogP contribution in [0.1, 0.15) is 85.9 Å². The molecule has 0 spiro atoms. The van der Waals surface area contributed by atoms with Gasteiger partial charge in [-0.3, -0.25) is 9.59 Å². The molecule has 0 aromatic heterocycles. The number of nitrogens with one attached hydrogen (secondary N) is 2. The summed E-state index contributed by atoms with van der Waals surface area (Å²) in [6.45, 7) is 12.0. The molecule has 0 atom stereocenters. The summed E-state index contributed by atoms with van der Waals surface area (Å²) < 4.78 is 11.5. The van der Waals surface area contributed by atoms with Crippen LogP contribution in [0.5, 0.6) is 5.75 Å². The maximum Gasteiger partial charge on any atom is 0.336 e. The number of carbonyl (C=O) groups excluding carboxylic acids is 2. The second-order valence-electron chi connectivity index (χ2n) is 9.47. The van der Waals surface area contributed by atoms with E-state index in [1.165, 1.54) is 18.2 Å². The molecule has 4 N–H and O–H groups in total. The third-order valence-electron chi connectivity index (χ3n) is 5.87. The summed E-state index contributed by atoms with van der Waals surface area (Å²) in [5.41, 5.74) is 0.271. The minimum Gasteiger partial charge on any atom is -0.494 e. The van der Waals surface area contributed by atoms with Gasteiger partial charge in [-0.05, 0) is 44.9 Å². The molecule has 0 aliphatic rings. The first kappa shape index (κ1) is 33.4. The second kappa shape index (κ2) is 18.6. The number of rotatable bonds is 21. The van der Waals surface area contributed by atoms with Crippen molar-refractivity contribution in [2.75, 3.05) is 26.3 Å². The zero-order valence-electron chi connectivity index (χ0n) is 23.1. The highest BCUT2D eigenvalue weighted by Gasteiger charge is 2.17. The van der Waals surface area contributed by atoms with Gasteiger partial charge in [-0.1, -0.05) is 51.7 Å². The summed E-state index contributed by atoms with van der Waals surface area (Å²) in [7, 11) is 0. The van der Waals surface area contributed by atoms with Gasteiger partial charge in [-0.15, -0.1) is 0 Å². The van der Waals surface area contributed by atoms with Gasteiger partial charge in [-0.25, -0.2) is 9.59 Å². The van der Waals surface area contributed by atoms with Crippen LogP contribution >= 0.6 is 0 Å². The topological polar surface area (TPSA) is 151 Å². The van der Waals surface area contributed by atoms with Crippen molar-refractivity contribution in [1.82, 2.24) is 10.6 Å². The Bertz CT molecular complexity index is 975. The molecule has 0 heterocycles. The van der Waals surface area contributed by atoms with E-state index in [-0.39, 0.29) is 42.1 Å². The largest absolute Gasteiger partial charge is 0.494 e. The normalized spacial score (nSPS) is 10.6. The maximum absolute atomic E-state index is 11.8. The van der Waals surface area contributed by atoms with Crippen LogP contribution in [-0.4, -0.2) is 66.4 Å². The SMILES string of the molecule is C=C(C)C(=O)NCC(CNC(=O)C(=C)C)OCCCCCCCCCCOc1ccc(C(=O)O)c(C(=O)O)c1. The first-order chi connectivity index (χ1) is 18.5. The van der Waals surface area contributed by atoms with Gasteiger partial charge in [0.15, 0.2) is 0 Å². The predicted molar refractivity (Wildman–Crippen MR) is 148 cm³/mol. The number of ether oxygens (including phenoxy) is 2. The minimum atomic E-state index is -1.30. The lowest BCUT2D eigenvalue weighted by atomic mass is 10.1. The van der Waals surface area contributed by atoms with E-state index >= 15 is 0 Å². The Balaban J connectivity index is 2.18. The van der Waals surface area contributed by atoms with E-state index in [9.17, 15) is 24.3 Å². The van der Waals surface area contributed by atoms with Crippen LogP contribution in [0.15, 0.2) is 42.5 Å². The van der Waals surface area contributed by atoms with Gasteiger partial charge in [0.05, 0.1) is 23.8 Å². The van der Waals surface area contributed by atoms with Crippen molar-refractivity contribution in [3.63, 3.8) is 0 Å². The van der Waals surface area contributed by atoms with Crippen LogP contribution in [-0.2, 0) is 14.3 Å². The molecule has 0 aliphatic heterocycles. The zero-order valence-corrected chi connectivity index (χ0v) is 23.1. The Morgan fingerprint density at radius 3 is 1.67 bits per heavy atom. The van der Waals surface area contributed by atoms with Crippen LogP contribution in [0.4, 0.5) is 0 Å². The summed E-state index contributed by atoms with van der Waals surface area (Å²) in [5, 5.41) is 23.8. The molecule has 0 fully saturated rings. The Morgan fingerprint density at radius 2 is 1.21 bits per heavy atom. The van der Waals surface area contributed by atoms with E-state index in [0.29, 0.717) is 30.1 Å². The molecule has 0 bridgehead atoms. The fourth-order valence-corrected chi connectivity index (χ4v) is 3.59. The Labute approximate surface area is 230 Å². The lowest BCUT2D eigenvalue weighted by molar-refractivity contribution is -0.118. The Kier molecular flexibility index (Phi) is 15.9. The van der Waals surface area contributed by atoms with Crippen molar-refractivity contribution < 1.29 is 38.9 Å². The molecule has 0 radical (unpaired) electrons. The third-order valence-corrected chi connectivity index (χ3v) is 5.87. The summed E-state index contributed by atoms with van der Waals surface area (Å²) in [6, 6.07) is 3.96. The van der Waals surface area contributed by atoms with E-state index in [4.69, 9.17) is 14.6 Å². The van der Waals surface area contributed by atoms with Gasteiger partial charge in [0, 0.05) is 30.8 Å². The molecule has 2 amide bonds. The van der Waals surface area contributed by atoms with Gasteiger partial charge < -0.3 is 30.3 Å². The van der Waals surface area contributed by atoms with Gasteiger partial charge in [0.2, 0.25) is 11.8 Å². The number of hydrogen-bond acceptors (Lipinski definition) is 6. The minimum absolute atomic E-state index is 0.247. The van der Waals surface area contributed by atoms with Crippen LogP contribution < -0.4 is 15.4 Å². The van der Waals surface area contributed by atoms with Crippen molar-refractivity contribution in [2.45, 2.75) is 71.3 Å². The molecule has 10 heteroatoms. The first-order valence-electron chi connectivity index (χ1n) is 13.2. The first-order valence-corrected chi connectivity index (χ1v) is 13.2. The molecule has 1 aromatic carbocycles. The lowest BCUT2D eigenvalue weighted by Crippen LogP contribution is -2.42. The predicted octanol–water partition coefficient (Wildman–Crippen LogP) is 4.35. The van der Waals surface area contributed by atoms with Crippen molar-refractivity contribution in [3.05, 3.63) is 53.6 Å². The summed E-state index contributed by atoms with van der Waals surface area (Å²) in [4.78, 5) is 45.9. The van der Waals surface area contributed by atoms with Gasteiger partial charge >= 0.3 is 11.9 Å². The highest BCUT2D eigenvalue weighted by Crippen LogP contribution is 2.19. The van der Waals surface area contributed by atoms with Crippen LogP contribution in [0.25, 0.3) is 0 Å². The zero-order chi connectivity index (χ0) is 29.2. The number of amides is 2. The fourth-order valence-electron chi connectivity index (χ4n) is 3.59. The average Bonchev–Trinajstić information content (AvgIpc) is 2.89. The monoisotopic (exact) mass is 546 g/mol. The van der Waals surface area contributed by atoms with E-state index in [0.717, 1.165) is 51.4 Å². The second-order valence-corrected chi connectivity index (χ2v) is 9.47. The summed E-state index contributed by atoms with van der Waals surface area (Å²) >= 11 is 0. The Morgan fingerprint density at radius 1 is 0.744 bits per heavy atom. The molecule has 39 heavy (non-hydrogen) atoms.